The smallest absolute Gasteiger partial charge is 0.144 e. The Balaban J connectivity index is 2.46. The Morgan fingerprint density at radius 1 is 0.423 bits per heavy atom. The van der Waals surface area contributed by atoms with Crippen LogP contribution in [-0.2, 0) is 4.79 Å². The summed E-state index contributed by atoms with van der Waals surface area (Å²) < 4.78 is 0. The number of ketones is 1. The third kappa shape index (κ3) is 10.1. The highest BCUT2D eigenvalue weighted by Crippen LogP contribution is 2.37. The zero-order chi connectivity index (χ0) is 19.3. The molecule has 0 N–H and O–H groups in total. The minimum Gasteiger partial charge on any atom is -0.299 e. The molecule has 1 heteroatoms. The summed E-state index contributed by atoms with van der Waals surface area (Å²) in [6.45, 7) is 8.75. The molecule has 0 amide bonds. The lowest BCUT2D eigenvalue weighted by Crippen LogP contribution is -2.37. The molecule has 0 spiro atoms. The second kappa shape index (κ2) is 12.9. The molecule has 1 aliphatic rings. The fourth-order valence-electron chi connectivity index (χ4n) is 4.75. The van der Waals surface area contributed by atoms with Crippen molar-refractivity contribution in [2.75, 3.05) is 0 Å². The monoisotopic (exact) mass is 364 g/mol. The molecule has 0 atom stereocenters. The Hall–Kier alpha value is -0.330. The van der Waals surface area contributed by atoms with E-state index in [4.69, 9.17) is 0 Å². The van der Waals surface area contributed by atoms with E-state index in [9.17, 15) is 4.79 Å². The van der Waals surface area contributed by atoms with E-state index in [2.05, 4.69) is 27.7 Å². The quantitative estimate of drug-likeness (QED) is 0.420. The van der Waals surface area contributed by atoms with Gasteiger partial charge in [-0.1, -0.05) is 130 Å². The van der Waals surface area contributed by atoms with E-state index in [-0.39, 0.29) is 10.8 Å². The molecule has 0 aromatic heterocycles. The second-order valence-corrected chi connectivity index (χ2v) is 10.3. The molecule has 0 bridgehead atoms. The molecule has 0 aromatic rings. The van der Waals surface area contributed by atoms with Gasteiger partial charge >= 0.3 is 0 Å². The van der Waals surface area contributed by atoms with E-state index >= 15 is 0 Å². The third-order valence-corrected chi connectivity index (χ3v) is 6.58. The van der Waals surface area contributed by atoms with Crippen LogP contribution in [0.2, 0.25) is 0 Å². The summed E-state index contributed by atoms with van der Waals surface area (Å²) >= 11 is 0. The Kier molecular flexibility index (Phi) is 11.8. The summed E-state index contributed by atoms with van der Waals surface area (Å²) in [5.41, 5.74) is -0.301. The number of hydrogen-bond donors (Lipinski definition) is 0. The van der Waals surface area contributed by atoms with Crippen molar-refractivity contribution in [3.8, 4) is 0 Å². The number of carbonyl (C=O) groups excluding carboxylic acids is 1. The van der Waals surface area contributed by atoms with Crippen LogP contribution in [0.4, 0.5) is 0 Å². The Labute approximate surface area is 165 Å². The molecule has 0 heterocycles. The summed E-state index contributed by atoms with van der Waals surface area (Å²) in [6.07, 6.45) is 24.1. The Morgan fingerprint density at radius 2 is 0.615 bits per heavy atom. The molecule has 0 aromatic carbocycles. The van der Waals surface area contributed by atoms with Gasteiger partial charge < -0.3 is 0 Å². The van der Waals surface area contributed by atoms with Crippen molar-refractivity contribution in [2.24, 2.45) is 10.8 Å². The van der Waals surface area contributed by atoms with Gasteiger partial charge in [0.2, 0.25) is 0 Å². The van der Waals surface area contributed by atoms with Gasteiger partial charge in [-0.25, -0.2) is 0 Å². The minimum absolute atomic E-state index is 0.151. The summed E-state index contributed by atoms with van der Waals surface area (Å²) in [7, 11) is 0. The molecule has 1 aliphatic carbocycles. The van der Waals surface area contributed by atoms with Crippen LogP contribution < -0.4 is 0 Å². The van der Waals surface area contributed by atoms with Crippen LogP contribution in [0.1, 0.15) is 143 Å². The van der Waals surface area contributed by atoms with E-state index < -0.39 is 0 Å². The summed E-state index contributed by atoms with van der Waals surface area (Å²) in [5, 5.41) is 0. The van der Waals surface area contributed by atoms with Crippen LogP contribution in [0.25, 0.3) is 0 Å². The fraction of sp³-hybridized carbons (Fsp3) is 0.960. The zero-order valence-corrected chi connectivity index (χ0v) is 18.6. The standard InChI is InChI=1S/C25H48O/c1-24(2)21-19-17-15-13-11-9-7-5-6-8-10-12-14-16-18-20-22-25(3,4)23(24)26/h5-22H2,1-4H3. The van der Waals surface area contributed by atoms with Gasteiger partial charge in [0.05, 0.1) is 0 Å². The van der Waals surface area contributed by atoms with Gasteiger partial charge in [0.15, 0.2) is 0 Å². The molecule has 0 saturated heterocycles. The molecule has 1 rings (SSSR count). The predicted octanol–water partition coefficient (Wildman–Crippen LogP) is 8.64. The van der Waals surface area contributed by atoms with Gasteiger partial charge in [-0.3, -0.25) is 4.79 Å². The van der Waals surface area contributed by atoms with Crippen LogP contribution in [0, 0.1) is 10.8 Å². The number of rotatable bonds is 0. The second-order valence-electron chi connectivity index (χ2n) is 10.3. The highest BCUT2D eigenvalue weighted by atomic mass is 16.1. The van der Waals surface area contributed by atoms with Crippen LogP contribution in [0.5, 0.6) is 0 Å². The first kappa shape index (κ1) is 23.7. The fourth-order valence-corrected chi connectivity index (χ4v) is 4.75. The average Bonchev–Trinajstić information content (AvgIpc) is 2.59. The minimum atomic E-state index is -0.151. The number of carbonyl (C=O) groups is 1. The van der Waals surface area contributed by atoms with Crippen LogP contribution in [-0.4, -0.2) is 5.78 Å². The van der Waals surface area contributed by atoms with Crippen LogP contribution in [0.3, 0.4) is 0 Å². The summed E-state index contributed by atoms with van der Waals surface area (Å²) in [6, 6.07) is 0. The van der Waals surface area contributed by atoms with Gasteiger partial charge in [-0.2, -0.15) is 0 Å². The lowest BCUT2D eigenvalue weighted by molar-refractivity contribution is -0.136. The summed E-state index contributed by atoms with van der Waals surface area (Å²) in [5.74, 6) is 0.496. The predicted molar refractivity (Wildman–Crippen MR) is 116 cm³/mol. The molecular weight excluding hydrogens is 316 g/mol. The average molecular weight is 365 g/mol. The van der Waals surface area contributed by atoms with Crippen molar-refractivity contribution in [1.82, 2.24) is 0 Å². The first-order chi connectivity index (χ1) is 12.4. The van der Waals surface area contributed by atoms with E-state index in [0.29, 0.717) is 5.78 Å². The lowest BCUT2D eigenvalue weighted by Gasteiger charge is -2.33. The van der Waals surface area contributed by atoms with Gasteiger partial charge in [0.1, 0.15) is 5.78 Å². The first-order valence-electron chi connectivity index (χ1n) is 11.9. The van der Waals surface area contributed by atoms with Crippen molar-refractivity contribution < 1.29 is 4.79 Å². The van der Waals surface area contributed by atoms with Crippen molar-refractivity contribution in [1.29, 1.82) is 0 Å². The highest BCUT2D eigenvalue weighted by Gasteiger charge is 2.37. The highest BCUT2D eigenvalue weighted by molar-refractivity contribution is 5.89. The van der Waals surface area contributed by atoms with E-state index in [0.717, 1.165) is 12.8 Å². The zero-order valence-electron chi connectivity index (χ0n) is 18.6. The van der Waals surface area contributed by atoms with Crippen molar-refractivity contribution >= 4 is 5.78 Å². The molecular formula is C25H48O. The van der Waals surface area contributed by atoms with E-state index in [1.54, 1.807) is 0 Å². The molecule has 1 saturated carbocycles. The van der Waals surface area contributed by atoms with E-state index in [1.165, 1.54) is 103 Å². The van der Waals surface area contributed by atoms with Gasteiger partial charge in [0, 0.05) is 10.8 Å². The Morgan fingerprint density at radius 3 is 0.846 bits per heavy atom. The maximum absolute atomic E-state index is 13.1. The lowest BCUT2D eigenvalue weighted by atomic mass is 9.69. The maximum atomic E-state index is 13.1. The molecule has 0 unspecified atom stereocenters. The summed E-state index contributed by atoms with van der Waals surface area (Å²) in [4.78, 5) is 13.1. The molecule has 154 valence electrons. The van der Waals surface area contributed by atoms with Gasteiger partial charge in [-0.05, 0) is 12.8 Å². The van der Waals surface area contributed by atoms with Crippen LogP contribution in [0.15, 0.2) is 0 Å². The topological polar surface area (TPSA) is 17.1 Å². The third-order valence-electron chi connectivity index (χ3n) is 6.58. The van der Waals surface area contributed by atoms with Gasteiger partial charge in [0.25, 0.3) is 0 Å². The molecule has 26 heavy (non-hydrogen) atoms. The molecule has 0 radical (unpaired) electrons. The van der Waals surface area contributed by atoms with Crippen molar-refractivity contribution in [3.05, 3.63) is 0 Å². The largest absolute Gasteiger partial charge is 0.299 e. The molecule has 1 fully saturated rings. The maximum Gasteiger partial charge on any atom is 0.144 e. The molecule has 1 nitrogen and oxygen atoms in total. The van der Waals surface area contributed by atoms with Crippen molar-refractivity contribution in [2.45, 2.75) is 143 Å². The van der Waals surface area contributed by atoms with E-state index in [1.807, 2.05) is 0 Å². The first-order valence-corrected chi connectivity index (χ1v) is 11.9. The van der Waals surface area contributed by atoms with Gasteiger partial charge in [-0.15, -0.1) is 0 Å². The number of Topliss-reactive ketones (excluding diaryl/α,β-unsaturated/α-hetero) is 1. The Bertz CT molecular complexity index is 332. The molecule has 0 aliphatic heterocycles. The van der Waals surface area contributed by atoms with Crippen LogP contribution >= 0.6 is 0 Å². The number of hydrogen-bond acceptors (Lipinski definition) is 1. The van der Waals surface area contributed by atoms with Crippen molar-refractivity contribution in [3.63, 3.8) is 0 Å². The SMILES string of the molecule is CC1(C)CCCCCCCCCCCCCCCCCCC(C)(C)C1=O. The normalized spacial score (nSPS) is 25.9.